The number of carbonyl (C=O) groups excluding carboxylic acids is 1. The van der Waals surface area contributed by atoms with Gasteiger partial charge in [-0.05, 0) is 50.9 Å². The molecule has 5 nitrogen and oxygen atoms in total. The van der Waals surface area contributed by atoms with Crippen molar-refractivity contribution in [1.29, 1.82) is 0 Å². The first-order valence-electron chi connectivity index (χ1n) is 9.34. The standard InChI is InChI=1S/C17H30N2O3S/c1-2-13-23(21,22)19-12-6-10-16(19)17(20)18-11-5-8-14-7-3-4-9-15(14)18/h14-16H,2-13H2,1H3/t14-,15+,16-/m1/s1. The van der Waals surface area contributed by atoms with E-state index in [9.17, 15) is 13.2 Å². The van der Waals surface area contributed by atoms with Crippen molar-refractivity contribution < 1.29 is 13.2 Å². The Balaban J connectivity index is 1.76. The smallest absolute Gasteiger partial charge is 0.241 e. The summed E-state index contributed by atoms with van der Waals surface area (Å²) in [4.78, 5) is 15.2. The first-order chi connectivity index (χ1) is 11.0. The third-order valence-corrected chi connectivity index (χ3v) is 7.91. The van der Waals surface area contributed by atoms with Gasteiger partial charge in [0.1, 0.15) is 6.04 Å². The minimum absolute atomic E-state index is 0.0822. The van der Waals surface area contributed by atoms with Crippen molar-refractivity contribution in [2.75, 3.05) is 18.8 Å². The lowest BCUT2D eigenvalue weighted by atomic mass is 9.78. The molecule has 2 heterocycles. The average Bonchev–Trinajstić information content (AvgIpc) is 3.04. The zero-order chi connectivity index (χ0) is 16.4. The molecule has 23 heavy (non-hydrogen) atoms. The molecule has 1 aliphatic carbocycles. The molecule has 0 unspecified atom stereocenters. The van der Waals surface area contributed by atoms with Gasteiger partial charge < -0.3 is 4.90 Å². The highest BCUT2D eigenvalue weighted by Gasteiger charge is 2.43. The van der Waals surface area contributed by atoms with Gasteiger partial charge in [0, 0.05) is 19.1 Å². The number of likely N-dealkylation sites (tertiary alicyclic amines) is 1. The van der Waals surface area contributed by atoms with Gasteiger partial charge in [-0.25, -0.2) is 8.42 Å². The number of rotatable bonds is 4. The monoisotopic (exact) mass is 342 g/mol. The van der Waals surface area contributed by atoms with E-state index in [2.05, 4.69) is 4.90 Å². The van der Waals surface area contributed by atoms with Crippen molar-refractivity contribution in [2.45, 2.75) is 76.8 Å². The van der Waals surface area contributed by atoms with Crippen LogP contribution in [0.15, 0.2) is 0 Å². The predicted octanol–water partition coefficient (Wildman–Crippen LogP) is 2.37. The maximum absolute atomic E-state index is 13.1. The molecule has 0 aromatic rings. The van der Waals surface area contributed by atoms with Gasteiger partial charge in [-0.15, -0.1) is 0 Å². The highest BCUT2D eigenvalue weighted by Crippen LogP contribution is 2.36. The minimum atomic E-state index is -3.29. The van der Waals surface area contributed by atoms with Crippen molar-refractivity contribution in [3.05, 3.63) is 0 Å². The van der Waals surface area contributed by atoms with Crippen LogP contribution in [0.2, 0.25) is 0 Å². The molecule has 0 spiro atoms. The molecule has 6 heteroatoms. The molecule has 3 fully saturated rings. The molecule has 3 aliphatic rings. The Morgan fingerprint density at radius 3 is 2.48 bits per heavy atom. The molecule has 0 aromatic carbocycles. The lowest BCUT2D eigenvalue weighted by Crippen LogP contribution is -2.55. The Bertz CT molecular complexity index is 532. The quantitative estimate of drug-likeness (QED) is 0.788. The molecule has 132 valence electrons. The average molecular weight is 343 g/mol. The van der Waals surface area contributed by atoms with Crippen LogP contribution in [0.4, 0.5) is 0 Å². The lowest BCUT2D eigenvalue weighted by Gasteiger charge is -2.45. The zero-order valence-electron chi connectivity index (χ0n) is 14.2. The van der Waals surface area contributed by atoms with E-state index in [-0.39, 0.29) is 11.7 Å². The summed E-state index contributed by atoms with van der Waals surface area (Å²) in [6, 6.07) is -0.0754. The Kier molecular flexibility index (Phi) is 5.31. The molecule has 0 radical (unpaired) electrons. The molecule has 0 N–H and O–H groups in total. The summed E-state index contributed by atoms with van der Waals surface area (Å²) in [5.74, 6) is 0.880. The summed E-state index contributed by atoms with van der Waals surface area (Å²) < 4.78 is 26.4. The zero-order valence-corrected chi connectivity index (χ0v) is 15.1. The largest absolute Gasteiger partial charge is 0.338 e. The van der Waals surface area contributed by atoms with Crippen LogP contribution in [0.3, 0.4) is 0 Å². The molecule has 2 aliphatic heterocycles. The first-order valence-corrected chi connectivity index (χ1v) is 11.0. The van der Waals surface area contributed by atoms with Gasteiger partial charge in [0.25, 0.3) is 0 Å². The molecular weight excluding hydrogens is 312 g/mol. The second-order valence-electron chi connectivity index (χ2n) is 7.37. The van der Waals surface area contributed by atoms with E-state index in [0.717, 1.165) is 25.8 Å². The van der Waals surface area contributed by atoms with E-state index >= 15 is 0 Å². The lowest BCUT2D eigenvalue weighted by molar-refractivity contribution is -0.141. The van der Waals surface area contributed by atoms with Gasteiger partial charge in [-0.2, -0.15) is 4.31 Å². The van der Waals surface area contributed by atoms with Crippen LogP contribution in [0.25, 0.3) is 0 Å². The van der Waals surface area contributed by atoms with Crippen LogP contribution in [-0.4, -0.2) is 54.5 Å². The number of nitrogens with zero attached hydrogens (tertiary/aromatic N) is 2. The van der Waals surface area contributed by atoms with E-state index < -0.39 is 16.1 Å². The minimum Gasteiger partial charge on any atom is -0.338 e. The van der Waals surface area contributed by atoms with Crippen LogP contribution >= 0.6 is 0 Å². The van der Waals surface area contributed by atoms with E-state index in [1.54, 1.807) is 0 Å². The number of piperidine rings is 1. The van der Waals surface area contributed by atoms with Crippen molar-refractivity contribution in [3.63, 3.8) is 0 Å². The van der Waals surface area contributed by atoms with Crippen molar-refractivity contribution in [1.82, 2.24) is 9.21 Å². The fourth-order valence-electron chi connectivity index (χ4n) is 4.78. The molecular formula is C17H30N2O3S. The van der Waals surface area contributed by atoms with Gasteiger partial charge >= 0.3 is 0 Å². The van der Waals surface area contributed by atoms with E-state index in [4.69, 9.17) is 0 Å². The molecule has 0 aromatic heterocycles. The third kappa shape index (κ3) is 3.43. The molecule has 0 bridgehead atoms. The molecule has 3 atom stereocenters. The number of fused-ring (bicyclic) bond motifs is 1. The fourth-order valence-corrected chi connectivity index (χ4v) is 6.53. The maximum atomic E-state index is 13.1. The second kappa shape index (κ2) is 7.09. The normalized spacial score (nSPS) is 32.7. The van der Waals surface area contributed by atoms with E-state index in [0.29, 0.717) is 31.3 Å². The van der Waals surface area contributed by atoms with Gasteiger partial charge in [0.05, 0.1) is 5.75 Å². The highest BCUT2D eigenvalue weighted by molar-refractivity contribution is 7.89. The van der Waals surface area contributed by atoms with Crippen LogP contribution < -0.4 is 0 Å². The van der Waals surface area contributed by atoms with Crippen LogP contribution in [0, 0.1) is 5.92 Å². The van der Waals surface area contributed by atoms with Crippen molar-refractivity contribution >= 4 is 15.9 Å². The summed E-state index contributed by atoms with van der Waals surface area (Å²) in [5, 5.41) is 0. The Morgan fingerprint density at radius 2 is 1.70 bits per heavy atom. The van der Waals surface area contributed by atoms with Crippen LogP contribution in [0.1, 0.15) is 64.7 Å². The number of sulfonamides is 1. The summed E-state index contributed by atoms with van der Waals surface area (Å²) in [6.07, 6.45) is 9.22. The van der Waals surface area contributed by atoms with Gasteiger partial charge in [0.2, 0.25) is 15.9 Å². The second-order valence-corrected chi connectivity index (χ2v) is 9.41. The molecule has 2 saturated heterocycles. The van der Waals surface area contributed by atoms with Crippen LogP contribution in [-0.2, 0) is 14.8 Å². The highest BCUT2D eigenvalue weighted by atomic mass is 32.2. The summed E-state index contributed by atoms with van der Waals surface area (Å²) in [5.41, 5.74) is 0. The predicted molar refractivity (Wildman–Crippen MR) is 90.5 cm³/mol. The van der Waals surface area contributed by atoms with Crippen LogP contribution in [0.5, 0.6) is 0 Å². The molecule has 1 amide bonds. The van der Waals surface area contributed by atoms with E-state index in [1.807, 2.05) is 6.92 Å². The number of amides is 1. The summed E-state index contributed by atoms with van der Waals surface area (Å²) in [6.45, 7) is 3.21. The Labute approximate surface area is 140 Å². The van der Waals surface area contributed by atoms with Crippen molar-refractivity contribution in [3.8, 4) is 0 Å². The third-order valence-electron chi connectivity index (χ3n) is 5.83. The van der Waals surface area contributed by atoms with Crippen molar-refractivity contribution in [2.24, 2.45) is 5.92 Å². The fraction of sp³-hybridized carbons (Fsp3) is 0.941. The summed E-state index contributed by atoms with van der Waals surface area (Å²) in [7, 11) is -3.29. The summed E-state index contributed by atoms with van der Waals surface area (Å²) >= 11 is 0. The van der Waals surface area contributed by atoms with Gasteiger partial charge in [-0.3, -0.25) is 4.79 Å². The molecule has 3 rings (SSSR count). The SMILES string of the molecule is CCCS(=O)(=O)N1CCC[C@@H]1C(=O)N1CCC[C@H]2CCCC[C@@H]21. The number of hydrogen-bond acceptors (Lipinski definition) is 3. The van der Waals surface area contributed by atoms with Gasteiger partial charge in [-0.1, -0.05) is 19.8 Å². The Morgan fingerprint density at radius 1 is 1.00 bits per heavy atom. The first kappa shape index (κ1) is 17.2. The Hall–Kier alpha value is -0.620. The van der Waals surface area contributed by atoms with Gasteiger partial charge in [0.15, 0.2) is 0 Å². The van der Waals surface area contributed by atoms with E-state index in [1.165, 1.54) is 30.0 Å². The number of hydrogen-bond donors (Lipinski definition) is 0. The molecule has 1 saturated carbocycles. The number of carbonyl (C=O) groups is 1. The topological polar surface area (TPSA) is 57.7 Å². The maximum Gasteiger partial charge on any atom is 0.241 e.